The van der Waals surface area contributed by atoms with Crippen LogP contribution in [0.5, 0.6) is 5.88 Å². The van der Waals surface area contributed by atoms with Crippen LogP contribution in [-0.4, -0.2) is 64.2 Å². The summed E-state index contributed by atoms with van der Waals surface area (Å²) >= 11 is 1.09. The molecule has 0 saturated carbocycles. The molecule has 1 heterocycles. The summed E-state index contributed by atoms with van der Waals surface area (Å²) in [5, 5.41) is 13.0. The zero-order valence-electron chi connectivity index (χ0n) is 11.4. The van der Waals surface area contributed by atoms with Gasteiger partial charge >= 0.3 is 0 Å². The van der Waals surface area contributed by atoms with Crippen LogP contribution in [0, 0.1) is 0 Å². The molecule has 1 rings (SSSR count). The third kappa shape index (κ3) is 5.26. The van der Waals surface area contributed by atoms with Gasteiger partial charge in [0.2, 0.25) is 5.88 Å². The van der Waals surface area contributed by atoms with Gasteiger partial charge in [-0.3, -0.25) is 0 Å². The maximum atomic E-state index is 9.74. The van der Waals surface area contributed by atoms with Crippen LogP contribution in [0.25, 0.3) is 0 Å². The second-order valence-electron chi connectivity index (χ2n) is 5.05. The highest BCUT2D eigenvalue weighted by Gasteiger charge is 2.20. The smallest absolute Gasteiger partial charge is 0.245 e. The van der Waals surface area contributed by atoms with Crippen LogP contribution in [-0.2, 0) is 0 Å². The monoisotopic (exact) mass is 274 g/mol. The Morgan fingerprint density at radius 1 is 1.56 bits per heavy atom. The summed E-state index contributed by atoms with van der Waals surface area (Å²) in [5.41, 5.74) is 0.0550. The molecule has 1 atom stereocenters. The van der Waals surface area contributed by atoms with E-state index in [1.807, 2.05) is 14.1 Å². The molecule has 18 heavy (non-hydrogen) atoms. The summed E-state index contributed by atoms with van der Waals surface area (Å²) in [4.78, 5) is 2.14. The maximum Gasteiger partial charge on any atom is 0.245 e. The lowest BCUT2D eigenvalue weighted by Gasteiger charge is -2.33. The Labute approximate surface area is 112 Å². The van der Waals surface area contributed by atoms with Gasteiger partial charge < -0.3 is 20.1 Å². The van der Waals surface area contributed by atoms with Crippen LogP contribution in [0.15, 0.2) is 6.20 Å². The Hall–Kier alpha value is -0.760. The van der Waals surface area contributed by atoms with Crippen LogP contribution in [0.3, 0.4) is 0 Å². The molecule has 1 aromatic heterocycles. The van der Waals surface area contributed by atoms with E-state index in [-0.39, 0.29) is 12.1 Å². The van der Waals surface area contributed by atoms with E-state index in [0.29, 0.717) is 12.4 Å². The number of rotatable bonds is 8. The normalized spacial score (nSPS) is 13.9. The fourth-order valence-corrected chi connectivity index (χ4v) is 1.53. The minimum absolute atomic E-state index is 0.0550. The molecule has 0 fully saturated rings. The highest BCUT2D eigenvalue weighted by molar-refractivity contribution is 6.99. The van der Waals surface area contributed by atoms with Crippen molar-refractivity contribution in [3.8, 4) is 5.88 Å². The number of hydrogen-bond donors (Lipinski definition) is 2. The summed E-state index contributed by atoms with van der Waals surface area (Å²) in [6, 6.07) is 0. The first kappa shape index (κ1) is 15.3. The summed E-state index contributed by atoms with van der Waals surface area (Å²) in [7, 11) is 4.08. The molecule has 0 amide bonds. The summed E-state index contributed by atoms with van der Waals surface area (Å²) in [6.07, 6.45) is 0.990. The van der Waals surface area contributed by atoms with Crippen molar-refractivity contribution in [1.29, 1.82) is 0 Å². The van der Waals surface area contributed by atoms with Gasteiger partial charge in [0.05, 0.1) is 11.7 Å². The molecule has 0 aliphatic carbocycles. The number of ether oxygens (including phenoxy) is 1. The van der Waals surface area contributed by atoms with Crippen molar-refractivity contribution in [3.05, 3.63) is 6.20 Å². The van der Waals surface area contributed by atoms with Crippen LogP contribution >= 0.6 is 11.7 Å². The van der Waals surface area contributed by atoms with E-state index in [1.54, 1.807) is 6.20 Å². The molecule has 0 radical (unpaired) electrons. The van der Waals surface area contributed by atoms with E-state index < -0.39 is 6.10 Å². The summed E-state index contributed by atoms with van der Waals surface area (Å²) < 4.78 is 13.0. The standard InChI is InChI=1S/C11H22N4O2S/c1-11(2,15(3)4)8-12-5-9(16)7-17-10-6-13-18-14-10/h6,9,12,16H,5,7-8H2,1-4H3. The predicted octanol–water partition coefficient (Wildman–Crippen LogP) is 0.208. The number of nitrogens with one attached hydrogen (secondary N) is 1. The second-order valence-corrected chi connectivity index (χ2v) is 5.60. The number of aliphatic hydroxyl groups excluding tert-OH is 1. The van der Waals surface area contributed by atoms with Crippen LogP contribution in [0.1, 0.15) is 13.8 Å². The molecule has 104 valence electrons. The van der Waals surface area contributed by atoms with Crippen molar-refractivity contribution in [2.75, 3.05) is 33.8 Å². The Kier molecular flexibility index (Phi) is 5.94. The highest BCUT2D eigenvalue weighted by atomic mass is 32.1. The fourth-order valence-electron chi connectivity index (χ4n) is 1.16. The molecule has 0 aliphatic heterocycles. The highest BCUT2D eigenvalue weighted by Crippen LogP contribution is 2.08. The molecule has 0 aromatic carbocycles. The van der Waals surface area contributed by atoms with E-state index in [9.17, 15) is 5.11 Å². The van der Waals surface area contributed by atoms with Gasteiger partial charge in [-0.2, -0.15) is 4.37 Å². The third-order valence-electron chi connectivity index (χ3n) is 2.91. The van der Waals surface area contributed by atoms with Crippen molar-refractivity contribution in [2.24, 2.45) is 0 Å². The minimum Gasteiger partial charge on any atom is -0.473 e. The zero-order valence-corrected chi connectivity index (χ0v) is 12.2. The van der Waals surface area contributed by atoms with Gasteiger partial charge in [-0.05, 0) is 27.9 Å². The lowest BCUT2D eigenvalue weighted by Crippen LogP contribution is -2.48. The molecule has 0 saturated heterocycles. The summed E-state index contributed by atoms with van der Waals surface area (Å²) in [5.74, 6) is 0.465. The maximum absolute atomic E-state index is 9.74. The average molecular weight is 274 g/mol. The Morgan fingerprint density at radius 2 is 2.28 bits per heavy atom. The van der Waals surface area contributed by atoms with Gasteiger partial charge in [-0.15, -0.1) is 4.37 Å². The molecule has 1 unspecified atom stereocenters. The number of nitrogens with zero attached hydrogens (tertiary/aromatic N) is 3. The van der Waals surface area contributed by atoms with Crippen molar-refractivity contribution in [2.45, 2.75) is 25.5 Å². The largest absolute Gasteiger partial charge is 0.473 e. The third-order valence-corrected chi connectivity index (χ3v) is 3.37. The molecular formula is C11H22N4O2S. The first-order valence-electron chi connectivity index (χ1n) is 5.88. The number of aromatic nitrogens is 2. The van der Waals surface area contributed by atoms with E-state index in [4.69, 9.17) is 4.74 Å². The lowest BCUT2D eigenvalue weighted by molar-refractivity contribution is 0.0983. The van der Waals surface area contributed by atoms with Gasteiger partial charge in [0, 0.05) is 18.6 Å². The zero-order chi connectivity index (χ0) is 13.6. The molecular weight excluding hydrogens is 252 g/mol. The molecule has 2 N–H and O–H groups in total. The molecule has 0 aliphatic rings. The molecule has 6 nitrogen and oxygen atoms in total. The van der Waals surface area contributed by atoms with Crippen LogP contribution in [0.2, 0.25) is 0 Å². The summed E-state index contributed by atoms with van der Waals surface area (Å²) in [6.45, 7) is 5.80. The van der Waals surface area contributed by atoms with Gasteiger partial charge in [0.25, 0.3) is 0 Å². The van der Waals surface area contributed by atoms with E-state index in [1.165, 1.54) is 0 Å². The number of likely N-dealkylation sites (N-methyl/N-ethyl adjacent to an activating group) is 1. The van der Waals surface area contributed by atoms with Gasteiger partial charge in [0.1, 0.15) is 18.9 Å². The van der Waals surface area contributed by atoms with Crippen molar-refractivity contribution in [1.82, 2.24) is 19.0 Å². The van der Waals surface area contributed by atoms with Gasteiger partial charge in [-0.1, -0.05) is 0 Å². The first-order chi connectivity index (χ1) is 8.42. The Bertz CT molecular complexity index is 330. The second kappa shape index (κ2) is 6.98. The number of hydrogen-bond acceptors (Lipinski definition) is 7. The average Bonchev–Trinajstić information content (AvgIpc) is 2.78. The van der Waals surface area contributed by atoms with Crippen molar-refractivity contribution in [3.63, 3.8) is 0 Å². The first-order valence-corrected chi connectivity index (χ1v) is 6.61. The fraction of sp³-hybridized carbons (Fsp3) is 0.818. The van der Waals surface area contributed by atoms with Crippen LogP contribution in [0.4, 0.5) is 0 Å². The lowest BCUT2D eigenvalue weighted by atomic mass is 10.0. The Morgan fingerprint density at radius 3 is 2.83 bits per heavy atom. The predicted molar refractivity (Wildman–Crippen MR) is 72.0 cm³/mol. The Balaban J connectivity index is 2.15. The van der Waals surface area contributed by atoms with Crippen LogP contribution < -0.4 is 10.1 Å². The minimum atomic E-state index is -0.551. The van der Waals surface area contributed by atoms with Gasteiger partial charge in [-0.25, -0.2) is 0 Å². The number of aliphatic hydroxyl groups is 1. The van der Waals surface area contributed by atoms with Crippen molar-refractivity contribution < 1.29 is 9.84 Å². The molecule has 0 spiro atoms. The van der Waals surface area contributed by atoms with Gasteiger partial charge in [0.15, 0.2) is 0 Å². The van der Waals surface area contributed by atoms with E-state index in [0.717, 1.165) is 18.3 Å². The van der Waals surface area contributed by atoms with Crippen molar-refractivity contribution >= 4 is 11.7 Å². The molecule has 7 heteroatoms. The topological polar surface area (TPSA) is 70.5 Å². The quantitative estimate of drug-likeness (QED) is 0.706. The molecule has 0 bridgehead atoms. The van der Waals surface area contributed by atoms with E-state index in [2.05, 4.69) is 32.8 Å². The SMILES string of the molecule is CN(C)C(C)(C)CNCC(O)COc1cnsn1. The molecule has 1 aromatic rings. The van der Waals surface area contributed by atoms with E-state index >= 15 is 0 Å².